The summed E-state index contributed by atoms with van der Waals surface area (Å²) in [6.45, 7) is 12.1. The van der Waals surface area contributed by atoms with Crippen LogP contribution in [0, 0.1) is 13.8 Å². The zero-order valence-electron chi connectivity index (χ0n) is 19.9. The Balaban J connectivity index is 1.66. The predicted octanol–water partition coefficient (Wildman–Crippen LogP) is 7.14. The third-order valence-electron chi connectivity index (χ3n) is 5.99. The number of carbonyl (C=O) groups is 1. The molecule has 0 bridgehead atoms. The minimum absolute atomic E-state index is 0.0776. The molecular formula is C29H31NO2S. The number of aryl methyl sites for hydroxylation is 2. The molecule has 0 amide bonds. The third kappa shape index (κ3) is 5.18. The van der Waals surface area contributed by atoms with Gasteiger partial charge in [-0.1, -0.05) is 49.2 Å². The normalized spacial score (nSPS) is 11.3. The van der Waals surface area contributed by atoms with Crippen LogP contribution in [0.2, 0.25) is 0 Å². The van der Waals surface area contributed by atoms with E-state index in [1.165, 1.54) is 0 Å². The van der Waals surface area contributed by atoms with Gasteiger partial charge in [0.1, 0.15) is 12.4 Å². The average Bonchev–Trinajstić information content (AvgIpc) is 3.21. The van der Waals surface area contributed by atoms with E-state index in [9.17, 15) is 4.79 Å². The molecule has 0 fully saturated rings. The number of hydrogen-bond donors (Lipinski definition) is 0. The molecule has 0 N–H and O–H groups in total. The second-order valence-corrected chi connectivity index (χ2v) is 9.46. The number of fused-ring (bicyclic) bond motifs is 1. The van der Waals surface area contributed by atoms with Crippen LogP contribution in [0.1, 0.15) is 40.9 Å². The molecule has 4 heteroatoms. The Labute approximate surface area is 200 Å². The van der Waals surface area contributed by atoms with E-state index in [2.05, 4.69) is 49.1 Å². The number of ether oxygens (including phenoxy) is 1. The highest BCUT2D eigenvalue weighted by atomic mass is 32.1. The van der Waals surface area contributed by atoms with E-state index in [1.807, 2.05) is 50.2 Å². The number of benzene rings is 3. The molecule has 4 rings (SSSR count). The van der Waals surface area contributed by atoms with Crippen molar-refractivity contribution in [2.75, 3.05) is 26.2 Å². The quantitative estimate of drug-likeness (QED) is 0.250. The molecule has 170 valence electrons. The molecule has 3 aromatic carbocycles. The van der Waals surface area contributed by atoms with Gasteiger partial charge >= 0.3 is 0 Å². The van der Waals surface area contributed by atoms with E-state index >= 15 is 0 Å². The summed E-state index contributed by atoms with van der Waals surface area (Å²) >= 11 is 1.67. The summed E-state index contributed by atoms with van der Waals surface area (Å²) < 4.78 is 7.08. The fraction of sp³-hybridized carbons (Fsp3) is 0.276. The van der Waals surface area contributed by atoms with Gasteiger partial charge in [0.05, 0.1) is 0 Å². The first kappa shape index (κ1) is 23.2. The lowest BCUT2D eigenvalue weighted by atomic mass is 9.95. The van der Waals surface area contributed by atoms with Gasteiger partial charge in [-0.05, 0) is 75.0 Å². The molecule has 0 spiro atoms. The van der Waals surface area contributed by atoms with Crippen LogP contribution < -0.4 is 4.74 Å². The summed E-state index contributed by atoms with van der Waals surface area (Å²) in [5.41, 5.74) is 4.78. The van der Waals surface area contributed by atoms with Gasteiger partial charge in [0.15, 0.2) is 5.78 Å². The standard InChI is InChI=1S/C29H31NO2S/c1-5-30(6-2)15-16-32-24-13-11-22(12-14-24)29-27(25-9-7-8-10-26(25)33-29)28(31)23-18-20(3)17-21(4)19-23/h7-14,17-19H,5-6,15-16H2,1-4H3. The second-order valence-electron chi connectivity index (χ2n) is 8.41. The largest absolute Gasteiger partial charge is 0.492 e. The van der Waals surface area contributed by atoms with Crippen LogP contribution in [0.15, 0.2) is 66.7 Å². The molecule has 0 saturated heterocycles. The fourth-order valence-corrected chi connectivity index (χ4v) is 5.46. The maximum atomic E-state index is 13.7. The SMILES string of the molecule is CCN(CC)CCOc1ccc(-c2sc3ccccc3c2C(=O)c2cc(C)cc(C)c2)cc1. The molecule has 3 nitrogen and oxygen atoms in total. The summed E-state index contributed by atoms with van der Waals surface area (Å²) in [6, 6.07) is 22.4. The number of nitrogens with zero attached hydrogens (tertiary/aromatic N) is 1. The van der Waals surface area contributed by atoms with Crippen molar-refractivity contribution in [2.45, 2.75) is 27.7 Å². The summed E-state index contributed by atoms with van der Waals surface area (Å²) in [4.78, 5) is 17.1. The molecule has 0 aliphatic heterocycles. The van der Waals surface area contributed by atoms with Crippen LogP contribution in [-0.2, 0) is 0 Å². The van der Waals surface area contributed by atoms with Gasteiger partial charge in [-0.2, -0.15) is 0 Å². The van der Waals surface area contributed by atoms with E-state index in [0.717, 1.165) is 68.2 Å². The molecule has 1 heterocycles. The zero-order valence-corrected chi connectivity index (χ0v) is 20.7. The van der Waals surface area contributed by atoms with Crippen molar-refractivity contribution in [2.24, 2.45) is 0 Å². The lowest BCUT2D eigenvalue weighted by Gasteiger charge is -2.18. The Kier molecular flexibility index (Phi) is 7.26. The van der Waals surface area contributed by atoms with Gasteiger partial charge in [-0.25, -0.2) is 0 Å². The van der Waals surface area contributed by atoms with Gasteiger partial charge in [-0.3, -0.25) is 4.79 Å². The Morgan fingerprint density at radius 2 is 1.58 bits per heavy atom. The number of thiophene rings is 1. The van der Waals surface area contributed by atoms with Crippen LogP contribution in [0.3, 0.4) is 0 Å². The van der Waals surface area contributed by atoms with Gasteiger partial charge in [0, 0.05) is 32.6 Å². The summed E-state index contributed by atoms with van der Waals surface area (Å²) in [5.74, 6) is 0.933. The third-order valence-corrected chi connectivity index (χ3v) is 7.21. The van der Waals surface area contributed by atoms with Crippen molar-refractivity contribution >= 4 is 27.2 Å². The van der Waals surface area contributed by atoms with Crippen molar-refractivity contribution in [3.8, 4) is 16.2 Å². The van der Waals surface area contributed by atoms with Crippen molar-refractivity contribution in [3.05, 3.63) is 89.0 Å². The highest BCUT2D eigenvalue weighted by Gasteiger charge is 2.21. The molecule has 0 aliphatic carbocycles. The number of ketones is 1. The molecule has 4 aromatic rings. The number of hydrogen-bond acceptors (Lipinski definition) is 4. The van der Waals surface area contributed by atoms with E-state index in [-0.39, 0.29) is 5.78 Å². The lowest BCUT2D eigenvalue weighted by molar-refractivity contribution is 0.104. The van der Waals surface area contributed by atoms with Gasteiger partial charge < -0.3 is 9.64 Å². The molecule has 1 aromatic heterocycles. The van der Waals surface area contributed by atoms with Gasteiger partial charge in [-0.15, -0.1) is 11.3 Å². The van der Waals surface area contributed by atoms with Gasteiger partial charge in [0.2, 0.25) is 0 Å². The molecule has 0 radical (unpaired) electrons. The summed E-state index contributed by atoms with van der Waals surface area (Å²) in [6.07, 6.45) is 0. The van der Waals surface area contributed by atoms with Crippen LogP contribution in [-0.4, -0.2) is 36.9 Å². The topological polar surface area (TPSA) is 29.5 Å². The zero-order chi connectivity index (χ0) is 23.4. The maximum Gasteiger partial charge on any atom is 0.195 e. The van der Waals surface area contributed by atoms with E-state index in [1.54, 1.807) is 11.3 Å². The first-order valence-corrected chi connectivity index (χ1v) is 12.4. The van der Waals surface area contributed by atoms with E-state index in [4.69, 9.17) is 4.74 Å². The molecule has 0 atom stereocenters. The lowest BCUT2D eigenvalue weighted by Crippen LogP contribution is -2.27. The predicted molar refractivity (Wildman–Crippen MR) is 140 cm³/mol. The monoisotopic (exact) mass is 457 g/mol. The van der Waals surface area contributed by atoms with Crippen molar-refractivity contribution in [1.82, 2.24) is 4.90 Å². The maximum absolute atomic E-state index is 13.7. The first-order chi connectivity index (χ1) is 16.0. The van der Waals surface area contributed by atoms with Crippen LogP contribution in [0.5, 0.6) is 5.75 Å². The summed E-state index contributed by atoms with van der Waals surface area (Å²) in [7, 11) is 0. The molecule has 0 unspecified atom stereocenters. The Hall–Kier alpha value is -2.95. The van der Waals surface area contributed by atoms with Gasteiger partial charge in [0.25, 0.3) is 0 Å². The Morgan fingerprint density at radius 3 is 2.24 bits per heavy atom. The fourth-order valence-electron chi connectivity index (χ4n) is 4.26. The second kappa shape index (κ2) is 10.3. The number of likely N-dealkylation sites (N-methyl/N-ethyl adjacent to an activating group) is 1. The highest BCUT2D eigenvalue weighted by Crippen LogP contribution is 2.40. The van der Waals surface area contributed by atoms with Crippen molar-refractivity contribution in [3.63, 3.8) is 0 Å². The van der Waals surface area contributed by atoms with E-state index < -0.39 is 0 Å². The van der Waals surface area contributed by atoms with Crippen LogP contribution in [0.25, 0.3) is 20.5 Å². The smallest absolute Gasteiger partial charge is 0.195 e. The Bertz CT molecular complexity index is 1230. The molecular weight excluding hydrogens is 426 g/mol. The van der Waals surface area contributed by atoms with Crippen molar-refractivity contribution in [1.29, 1.82) is 0 Å². The van der Waals surface area contributed by atoms with Crippen molar-refractivity contribution < 1.29 is 9.53 Å². The first-order valence-electron chi connectivity index (χ1n) is 11.6. The minimum atomic E-state index is 0.0776. The average molecular weight is 458 g/mol. The summed E-state index contributed by atoms with van der Waals surface area (Å²) in [5, 5.41) is 1.02. The minimum Gasteiger partial charge on any atom is -0.492 e. The number of rotatable bonds is 9. The highest BCUT2D eigenvalue weighted by molar-refractivity contribution is 7.22. The van der Waals surface area contributed by atoms with E-state index in [0.29, 0.717) is 6.61 Å². The molecule has 0 saturated carbocycles. The molecule has 33 heavy (non-hydrogen) atoms. The molecule has 0 aliphatic rings. The Morgan fingerprint density at radius 1 is 0.909 bits per heavy atom. The van der Waals surface area contributed by atoms with Crippen LogP contribution in [0.4, 0.5) is 0 Å². The number of carbonyl (C=O) groups excluding carboxylic acids is 1. The van der Waals surface area contributed by atoms with Crippen LogP contribution >= 0.6 is 11.3 Å².